The molecule has 0 saturated carbocycles. The summed E-state index contributed by atoms with van der Waals surface area (Å²) in [6, 6.07) is 18.6. The lowest BCUT2D eigenvalue weighted by atomic mass is 9.63. The van der Waals surface area contributed by atoms with Gasteiger partial charge in [-0.15, -0.1) is 0 Å². The van der Waals surface area contributed by atoms with E-state index in [0.29, 0.717) is 34.1 Å². The SMILES string of the molecule is CCOc1ccccc1[C@@H]1[C@H](C(=O)C(C)(C)C)N2c3ccc(Cl)cc3C=C[C@H]2C12C(=O)c1ccccc1C2=O. The van der Waals surface area contributed by atoms with Crippen molar-refractivity contribution in [1.29, 1.82) is 0 Å². The summed E-state index contributed by atoms with van der Waals surface area (Å²) in [5.41, 5.74) is 0.827. The molecule has 1 saturated heterocycles. The predicted octanol–water partition coefficient (Wildman–Crippen LogP) is 6.79. The van der Waals surface area contributed by atoms with Crippen LogP contribution in [0.2, 0.25) is 5.02 Å². The highest BCUT2D eigenvalue weighted by molar-refractivity contribution is 6.32. The molecule has 3 aromatic carbocycles. The highest BCUT2D eigenvalue weighted by Gasteiger charge is 2.72. The molecule has 0 bridgehead atoms. The maximum absolute atomic E-state index is 14.7. The molecular weight excluding hydrogens is 510 g/mol. The van der Waals surface area contributed by atoms with E-state index in [-0.39, 0.29) is 17.3 Å². The normalized spacial score (nSPS) is 22.6. The molecule has 3 atom stereocenters. The van der Waals surface area contributed by atoms with Crippen molar-refractivity contribution in [3.63, 3.8) is 0 Å². The molecule has 1 aliphatic carbocycles. The number of carbonyl (C=O) groups excluding carboxylic acids is 3. The zero-order valence-electron chi connectivity index (χ0n) is 22.4. The van der Waals surface area contributed by atoms with Crippen LogP contribution in [0, 0.1) is 10.8 Å². The zero-order valence-corrected chi connectivity index (χ0v) is 23.2. The lowest BCUT2D eigenvalue weighted by Gasteiger charge is -2.38. The number of hydrogen-bond acceptors (Lipinski definition) is 5. The molecule has 1 spiro atoms. The van der Waals surface area contributed by atoms with Crippen LogP contribution in [-0.2, 0) is 4.79 Å². The molecule has 0 aromatic heterocycles. The Morgan fingerprint density at radius 2 is 1.62 bits per heavy atom. The molecule has 3 aromatic rings. The van der Waals surface area contributed by atoms with Gasteiger partial charge in [-0.1, -0.05) is 87.0 Å². The number of halogens is 1. The van der Waals surface area contributed by atoms with Gasteiger partial charge in [0.2, 0.25) is 0 Å². The Morgan fingerprint density at radius 1 is 0.974 bits per heavy atom. The standard InChI is InChI=1S/C33H30ClNO4/c1-5-39-25-13-9-8-12-23(25)27-28(31(38)32(2,3)4)35-24-16-15-20(34)18-19(24)14-17-26(35)33(27)29(36)21-10-6-7-11-22(21)30(33)37/h6-18,26-28H,5H2,1-4H3/t26-,27+,28+/m0/s1. The summed E-state index contributed by atoms with van der Waals surface area (Å²) in [5, 5.41) is 0.572. The number of anilines is 1. The van der Waals surface area contributed by atoms with Crippen LogP contribution in [0.15, 0.2) is 72.8 Å². The minimum atomic E-state index is -1.55. The van der Waals surface area contributed by atoms with Crippen molar-refractivity contribution in [1.82, 2.24) is 0 Å². The Balaban J connectivity index is 1.72. The second-order valence-electron chi connectivity index (χ2n) is 11.5. The monoisotopic (exact) mass is 539 g/mol. The molecule has 5 nitrogen and oxygen atoms in total. The van der Waals surface area contributed by atoms with E-state index in [9.17, 15) is 14.4 Å². The highest BCUT2D eigenvalue weighted by atomic mass is 35.5. The molecule has 0 radical (unpaired) electrons. The molecule has 0 unspecified atom stereocenters. The summed E-state index contributed by atoms with van der Waals surface area (Å²) < 4.78 is 6.06. The number of carbonyl (C=O) groups is 3. The third kappa shape index (κ3) is 3.49. The van der Waals surface area contributed by atoms with Gasteiger partial charge in [0.05, 0.1) is 18.7 Å². The third-order valence-corrected chi connectivity index (χ3v) is 8.56. The molecule has 2 aliphatic heterocycles. The first-order valence-corrected chi connectivity index (χ1v) is 13.7. The summed E-state index contributed by atoms with van der Waals surface area (Å²) >= 11 is 6.35. The molecule has 6 heteroatoms. The van der Waals surface area contributed by atoms with Gasteiger partial charge in [0, 0.05) is 38.7 Å². The number of benzene rings is 3. The summed E-state index contributed by atoms with van der Waals surface area (Å²) in [6.45, 7) is 7.96. The molecule has 3 aliphatic rings. The van der Waals surface area contributed by atoms with E-state index in [2.05, 4.69) is 0 Å². The lowest BCUT2D eigenvalue weighted by Crippen LogP contribution is -2.49. The summed E-state index contributed by atoms with van der Waals surface area (Å²) in [7, 11) is 0. The van der Waals surface area contributed by atoms with Crippen molar-refractivity contribution in [3.05, 3.63) is 100 Å². The Bertz CT molecular complexity index is 1530. The average molecular weight is 540 g/mol. The quantitative estimate of drug-likeness (QED) is 0.342. The van der Waals surface area contributed by atoms with Crippen LogP contribution in [0.5, 0.6) is 5.75 Å². The van der Waals surface area contributed by atoms with Crippen LogP contribution in [0.1, 0.15) is 65.5 Å². The Morgan fingerprint density at radius 3 is 2.26 bits per heavy atom. The fourth-order valence-corrected chi connectivity index (χ4v) is 6.94. The number of ether oxygens (including phenoxy) is 1. The highest BCUT2D eigenvalue weighted by Crippen LogP contribution is 2.62. The van der Waals surface area contributed by atoms with E-state index in [1.165, 1.54) is 0 Å². The van der Waals surface area contributed by atoms with E-state index in [4.69, 9.17) is 16.3 Å². The van der Waals surface area contributed by atoms with Gasteiger partial charge in [0.15, 0.2) is 17.3 Å². The first-order chi connectivity index (χ1) is 18.6. The zero-order chi connectivity index (χ0) is 27.7. The minimum Gasteiger partial charge on any atom is -0.494 e. The number of ketones is 3. The van der Waals surface area contributed by atoms with E-state index in [1.54, 1.807) is 30.3 Å². The second kappa shape index (κ2) is 8.92. The molecule has 0 amide bonds. The van der Waals surface area contributed by atoms with Crippen LogP contribution < -0.4 is 9.64 Å². The van der Waals surface area contributed by atoms with Crippen molar-refractivity contribution < 1.29 is 19.1 Å². The van der Waals surface area contributed by atoms with E-state index in [1.807, 2.05) is 81.1 Å². The van der Waals surface area contributed by atoms with Crippen LogP contribution in [0.3, 0.4) is 0 Å². The molecule has 0 N–H and O–H groups in total. The van der Waals surface area contributed by atoms with Crippen molar-refractivity contribution in [2.75, 3.05) is 11.5 Å². The summed E-state index contributed by atoms with van der Waals surface area (Å²) in [5.74, 6) is -0.752. The number of para-hydroxylation sites is 1. The number of nitrogens with zero attached hydrogens (tertiary/aromatic N) is 1. The lowest BCUT2D eigenvalue weighted by molar-refractivity contribution is -0.127. The van der Waals surface area contributed by atoms with Gasteiger partial charge in [-0.05, 0) is 36.8 Å². The number of hydrogen-bond donors (Lipinski definition) is 0. The first-order valence-electron chi connectivity index (χ1n) is 13.3. The van der Waals surface area contributed by atoms with Gasteiger partial charge in [0.1, 0.15) is 11.2 Å². The molecule has 2 heterocycles. The van der Waals surface area contributed by atoms with Gasteiger partial charge >= 0.3 is 0 Å². The van der Waals surface area contributed by atoms with Crippen LogP contribution >= 0.6 is 11.6 Å². The van der Waals surface area contributed by atoms with Crippen molar-refractivity contribution in [3.8, 4) is 5.75 Å². The fourth-order valence-electron chi connectivity index (χ4n) is 6.76. The number of fused-ring (bicyclic) bond motifs is 5. The van der Waals surface area contributed by atoms with Gasteiger partial charge in [-0.25, -0.2) is 0 Å². The third-order valence-electron chi connectivity index (χ3n) is 8.33. The van der Waals surface area contributed by atoms with Crippen molar-refractivity contribution in [2.24, 2.45) is 10.8 Å². The first kappa shape index (κ1) is 25.6. The van der Waals surface area contributed by atoms with E-state index in [0.717, 1.165) is 11.3 Å². The fraction of sp³-hybridized carbons (Fsp3) is 0.303. The predicted molar refractivity (Wildman–Crippen MR) is 153 cm³/mol. The molecule has 1 fully saturated rings. The molecule has 198 valence electrons. The minimum absolute atomic E-state index is 0.0477. The summed E-state index contributed by atoms with van der Waals surface area (Å²) in [4.78, 5) is 45.9. The van der Waals surface area contributed by atoms with E-state index < -0.39 is 28.8 Å². The molecular formula is C33H30ClNO4. The maximum atomic E-state index is 14.7. The topological polar surface area (TPSA) is 63.7 Å². The van der Waals surface area contributed by atoms with Crippen LogP contribution in [-0.4, -0.2) is 36.0 Å². The largest absolute Gasteiger partial charge is 0.494 e. The van der Waals surface area contributed by atoms with Gasteiger partial charge in [-0.3, -0.25) is 14.4 Å². The Hall–Kier alpha value is -3.70. The van der Waals surface area contributed by atoms with Gasteiger partial charge in [-0.2, -0.15) is 0 Å². The Kier molecular flexibility index (Phi) is 5.85. The molecule has 6 rings (SSSR count). The number of Topliss-reactive ketones (excluding diaryl/α,β-unsaturated/α-hetero) is 3. The van der Waals surface area contributed by atoms with Crippen LogP contribution in [0.25, 0.3) is 6.08 Å². The second-order valence-corrected chi connectivity index (χ2v) is 11.9. The van der Waals surface area contributed by atoms with E-state index >= 15 is 0 Å². The maximum Gasteiger partial charge on any atom is 0.180 e. The summed E-state index contributed by atoms with van der Waals surface area (Å²) in [6.07, 6.45) is 3.83. The van der Waals surface area contributed by atoms with Gasteiger partial charge in [0.25, 0.3) is 0 Å². The Labute approximate surface area is 233 Å². The van der Waals surface area contributed by atoms with Crippen LogP contribution in [0.4, 0.5) is 5.69 Å². The molecule has 39 heavy (non-hydrogen) atoms. The van der Waals surface area contributed by atoms with Crippen molar-refractivity contribution in [2.45, 2.75) is 45.7 Å². The average Bonchev–Trinajstić information content (AvgIpc) is 3.34. The smallest absolute Gasteiger partial charge is 0.180 e. The van der Waals surface area contributed by atoms with Gasteiger partial charge < -0.3 is 9.64 Å². The van der Waals surface area contributed by atoms with Crippen molar-refractivity contribution >= 4 is 40.7 Å². The number of rotatable bonds is 4.